The molecule has 0 heterocycles. The predicted molar refractivity (Wildman–Crippen MR) is 62.3 cm³/mol. The average molecular weight is 223 g/mol. The Hall–Kier alpha value is -1.55. The van der Waals surface area contributed by atoms with E-state index in [9.17, 15) is 4.79 Å². The van der Waals surface area contributed by atoms with Gasteiger partial charge >= 0.3 is 0 Å². The van der Waals surface area contributed by atoms with E-state index in [1.807, 2.05) is 13.0 Å². The molecule has 0 amide bonds. The SMILES string of the molecule is COc1ccc(C)c(OC)c1C(=O)C(C)N. The van der Waals surface area contributed by atoms with Gasteiger partial charge in [-0.3, -0.25) is 4.79 Å². The van der Waals surface area contributed by atoms with E-state index in [2.05, 4.69) is 0 Å². The summed E-state index contributed by atoms with van der Waals surface area (Å²) in [6.45, 7) is 3.51. The van der Waals surface area contributed by atoms with Gasteiger partial charge in [0.15, 0.2) is 5.78 Å². The molecular formula is C12H17NO3. The lowest BCUT2D eigenvalue weighted by atomic mass is 10.0. The largest absolute Gasteiger partial charge is 0.496 e. The van der Waals surface area contributed by atoms with Crippen molar-refractivity contribution in [1.29, 1.82) is 0 Å². The number of carbonyl (C=O) groups excluding carboxylic acids is 1. The molecule has 0 fully saturated rings. The number of methoxy groups -OCH3 is 2. The normalized spacial score (nSPS) is 12.1. The van der Waals surface area contributed by atoms with Gasteiger partial charge in [0.1, 0.15) is 17.1 Å². The lowest BCUT2D eigenvalue weighted by Crippen LogP contribution is -2.27. The first-order valence-corrected chi connectivity index (χ1v) is 5.04. The summed E-state index contributed by atoms with van der Waals surface area (Å²) in [5.41, 5.74) is 6.90. The zero-order valence-corrected chi connectivity index (χ0v) is 10.0. The second kappa shape index (κ2) is 4.99. The fraction of sp³-hybridized carbons (Fsp3) is 0.417. The van der Waals surface area contributed by atoms with E-state index >= 15 is 0 Å². The van der Waals surface area contributed by atoms with Gasteiger partial charge in [-0.1, -0.05) is 6.07 Å². The first-order chi connectivity index (χ1) is 7.52. The molecular weight excluding hydrogens is 206 g/mol. The third-order valence-corrected chi connectivity index (χ3v) is 2.40. The molecule has 88 valence electrons. The zero-order chi connectivity index (χ0) is 12.3. The number of ketones is 1. The van der Waals surface area contributed by atoms with Crippen LogP contribution < -0.4 is 15.2 Å². The highest BCUT2D eigenvalue weighted by molar-refractivity contribution is 6.04. The maximum atomic E-state index is 12.0. The smallest absolute Gasteiger partial charge is 0.186 e. The molecule has 0 aliphatic heterocycles. The van der Waals surface area contributed by atoms with E-state index in [4.69, 9.17) is 15.2 Å². The molecule has 1 unspecified atom stereocenters. The van der Waals surface area contributed by atoms with E-state index in [0.29, 0.717) is 17.1 Å². The molecule has 16 heavy (non-hydrogen) atoms. The maximum absolute atomic E-state index is 12.0. The summed E-state index contributed by atoms with van der Waals surface area (Å²) in [5, 5.41) is 0. The topological polar surface area (TPSA) is 61.5 Å². The summed E-state index contributed by atoms with van der Waals surface area (Å²) in [6, 6.07) is 3.01. The minimum atomic E-state index is -0.579. The van der Waals surface area contributed by atoms with Crippen LogP contribution in [0.4, 0.5) is 0 Å². The fourth-order valence-electron chi connectivity index (χ4n) is 1.56. The molecule has 0 radical (unpaired) electrons. The first kappa shape index (κ1) is 12.5. The minimum Gasteiger partial charge on any atom is -0.496 e. The van der Waals surface area contributed by atoms with E-state index in [1.54, 1.807) is 13.0 Å². The van der Waals surface area contributed by atoms with Crippen molar-refractivity contribution in [2.75, 3.05) is 14.2 Å². The summed E-state index contributed by atoms with van der Waals surface area (Å²) in [4.78, 5) is 12.0. The van der Waals surface area contributed by atoms with Crippen molar-refractivity contribution in [3.8, 4) is 11.5 Å². The van der Waals surface area contributed by atoms with Crippen molar-refractivity contribution < 1.29 is 14.3 Å². The molecule has 0 bridgehead atoms. The van der Waals surface area contributed by atoms with Crippen LogP contribution in [0.15, 0.2) is 12.1 Å². The molecule has 1 rings (SSSR count). The zero-order valence-electron chi connectivity index (χ0n) is 10.0. The molecule has 0 aliphatic rings. The Kier molecular flexibility index (Phi) is 3.90. The molecule has 1 atom stereocenters. The van der Waals surface area contributed by atoms with Gasteiger partial charge in [0.25, 0.3) is 0 Å². The molecule has 0 saturated heterocycles. The van der Waals surface area contributed by atoms with Crippen molar-refractivity contribution in [3.05, 3.63) is 23.3 Å². The molecule has 4 heteroatoms. The van der Waals surface area contributed by atoms with Crippen LogP contribution in [0.25, 0.3) is 0 Å². The third kappa shape index (κ3) is 2.17. The highest BCUT2D eigenvalue weighted by atomic mass is 16.5. The van der Waals surface area contributed by atoms with E-state index in [0.717, 1.165) is 5.56 Å². The van der Waals surface area contributed by atoms with Crippen molar-refractivity contribution in [1.82, 2.24) is 0 Å². The van der Waals surface area contributed by atoms with Crippen LogP contribution >= 0.6 is 0 Å². The Labute approximate surface area is 95.3 Å². The standard InChI is InChI=1S/C12H17NO3/c1-7-5-6-9(15-3)10(12(7)16-4)11(14)8(2)13/h5-6,8H,13H2,1-4H3. The molecule has 1 aromatic carbocycles. The first-order valence-electron chi connectivity index (χ1n) is 5.04. The monoisotopic (exact) mass is 223 g/mol. The molecule has 0 aliphatic carbocycles. The van der Waals surface area contributed by atoms with Crippen molar-refractivity contribution >= 4 is 5.78 Å². The molecule has 2 N–H and O–H groups in total. The van der Waals surface area contributed by atoms with Crippen LogP contribution in [0.5, 0.6) is 11.5 Å². The number of aryl methyl sites for hydroxylation is 1. The van der Waals surface area contributed by atoms with Gasteiger partial charge in [0.2, 0.25) is 0 Å². The van der Waals surface area contributed by atoms with Crippen LogP contribution in [0.2, 0.25) is 0 Å². The van der Waals surface area contributed by atoms with Crippen LogP contribution in [-0.4, -0.2) is 26.0 Å². The summed E-state index contributed by atoms with van der Waals surface area (Å²) in [7, 11) is 3.04. The predicted octanol–water partition coefficient (Wildman–Crippen LogP) is 1.54. The van der Waals surface area contributed by atoms with Gasteiger partial charge in [-0.05, 0) is 25.5 Å². The second-order valence-corrected chi connectivity index (χ2v) is 3.65. The minimum absolute atomic E-state index is 0.183. The summed E-state index contributed by atoms with van der Waals surface area (Å²) in [5.74, 6) is 0.837. The van der Waals surface area contributed by atoms with E-state index < -0.39 is 6.04 Å². The Balaban J connectivity index is 3.42. The Bertz CT molecular complexity index is 399. The van der Waals surface area contributed by atoms with Gasteiger partial charge in [-0.15, -0.1) is 0 Å². The quantitative estimate of drug-likeness (QED) is 0.786. The second-order valence-electron chi connectivity index (χ2n) is 3.65. The molecule has 0 spiro atoms. The number of rotatable bonds is 4. The molecule has 4 nitrogen and oxygen atoms in total. The van der Waals surface area contributed by atoms with Gasteiger partial charge in [0, 0.05) is 0 Å². The molecule has 1 aromatic rings. The lowest BCUT2D eigenvalue weighted by molar-refractivity contribution is 0.0961. The number of carbonyl (C=O) groups is 1. The Morgan fingerprint density at radius 2 is 1.94 bits per heavy atom. The fourth-order valence-corrected chi connectivity index (χ4v) is 1.56. The number of hydrogen-bond donors (Lipinski definition) is 1. The lowest BCUT2D eigenvalue weighted by Gasteiger charge is -2.15. The number of Topliss-reactive ketones (excluding diaryl/α,β-unsaturated/α-hetero) is 1. The summed E-state index contributed by atoms with van der Waals surface area (Å²) >= 11 is 0. The van der Waals surface area contributed by atoms with E-state index in [-0.39, 0.29) is 5.78 Å². The van der Waals surface area contributed by atoms with Crippen molar-refractivity contribution in [3.63, 3.8) is 0 Å². The van der Waals surface area contributed by atoms with Gasteiger partial charge in [-0.2, -0.15) is 0 Å². The number of ether oxygens (including phenoxy) is 2. The number of benzene rings is 1. The number of nitrogens with two attached hydrogens (primary N) is 1. The van der Waals surface area contributed by atoms with Crippen LogP contribution in [-0.2, 0) is 0 Å². The highest BCUT2D eigenvalue weighted by Crippen LogP contribution is 2.32. The summed E-state index contributed by atoms with van der Waals surface area (Å²) < 4.78 is 10.4. The van der Waals surface area contributed by atoms with Crippen LogP contribution in [0.3, 0.4) is 0 Å². The maximum Gasteiger partial charge on any atom is 0.186 e. The Morgan fingerprint density at radius 1 is 1.31 bits per heavy atom. The highest BCUT2D eigenvalue weighted by Gasteiger charge is 2.22. The van der Waals surface area contributed by atoms with Crippen molar-refractivity contribution in [2.45, 2.75) is 19.9 Å². The van der Waals surface area contributed by atoms with Crippen LogP contribution in [0, 0.1) is 6.92 Å². The number of hydrogen-bond acceptors (Lipinski definition) is 4. The summed E-state index contributed by atoms with van der Waals surface area (Å²) in [6.07, 6.45) is 0. The third-order valence-electron chi connectivity index (χ3n) is 2.40. The van der Waals surface area contributed by atoms with Crippen molar-refractivity contribution in [2.24, 2.45) is 5.73 Å². The Morgan fingerprint density at radius 3 is 2.38 bits per heavy atom. The molecule has 0 saturated carbocycles. The van der Waals surface area contributed by atoms with Gasteiger partial charge < -0.3 is 15.2 Å². The van der Waals surface area contributed by atoms with E-state index in [1.165, 1.54) is 14.2 Å². The average Bonchev–Trinajstić information content (AvgIpc) is 2.27. The van der Waals surface area contributed by atoms with Crippen LogP contribution in [0.1, 0.15) is 22.8 Å². The van der Waals surface area contributed by atoms with Gasteiger partial charge in [0.05, 0.1) is 20.3 Å². The van der Waals surface area contributed by atoms with Gasteiger partial charge in [-0.25, -0.2) is 0 Å². The molecule has 0 aromatic heterocycles.